The molecule has 110 valence electrons. The molecule has 4 nitrogen and oxygen atoms in total. The Morgan fingerprint density at radius 1 is 1.50 bits per heavy atom. The Morgan fingerprint density at radius 3 is 2.90 bits per heavy atom. The molecule has 1 saturated heterocycles. The number of carboxylic acid groups (broad SMARTS) is 1. The molecule has 0 radical (unpaired) electrons. The molecule has 1 aromatic rings. The molecule has 0 aliphatic carbocycles. The highest BCUT2D eigenvalue weighted by atomic mass is 16.5. The molecule has 20 heavy (non-hydrogen) atoms. The SMILES string of the molecule is Cc1ccc(C(C)N2CCOCC2CC(=O)O)c(C)c1. The van der Waals surface area contributed by atoms with Crippen LogP contribution in [0, 0.1) is 13.8 Å². The fourth-order valence-electron chi connectivity index (χ4n) is 3.03. The summed E-state index contributed by atoms with van der Waals surface area (Å²) in [4.78, 5) is 13.3. The van der Waals surface area contributed by atoms with Crippen molar-refractivity contribution in [1.82, 2.24) is 4.90 Å². The highest BCUT2D eigenvalue weighted by Gasteiger charge is 2.30. The van der Waals surface area contributed by atoms with Gasteiger partial charge in [0.25, 0.3) is 0 Å². The van der Waals surface area contributed by atoms with Gasteiger partial charge in [-0.3, -0.25) is 9.69 Å². The van der Waals surface area contributed by atoms with Gasteiger partial charge in [0, 0.05) is 18.6 Å². The van der Waals surface area contributed by atoms with Crippen LogP contribution in [-0.4, -0.2) is 41.8 Å². The van der Waals surface area contributed by atoms with Crippen LogP contribution in [0.3, 0.4) is 0 Å². The molecular weight excluding hydrogens is 254 g/mol. The number of carboxylic acids is 1. The fraction of sp³-hybridized carbons (Fsp3) is 0.562. The van der Waals surface area contributed by atoms with Crippen LogP contribution in [0.4, 0.5) is 0 Å². The van der Waals surface area contributed by atoms with Gasteiger partial charge in [-0.2, -0.15) is 0 Å². The van der Waals surface area contributed by atoms with E-state index < -0.39 is 5.97 Å². The van der Waals surface area contributed by atoms with Crippen molar-refractivity contribution in [2.45, 2.75) is 39.3 Å². The minimum Gasteiger partial charge on any atom is -0.481 e. The van der Waals surface area contributed by atoms with E-state index in [4.69, 9.17) is 9.84 Å². The number of hydrogen-bond donors (Lipinski definition) is 1. The first kappa shape index (κ1) is 15.0. The second-order valence-corrected chi connectivity index (χ2v) is 5.60. The van der Waals surface area contributed by atoms with Crippen molar-refractivity contribution in [3.63, 3.8) is 0 Å². The minimum atomic E-state index is -0.765. The van der Waals surface area contributed by atoms with E-state index in [0.29, 0.717) is 13.2 Å². The van der Waals surface area contributed by atoms with Crippen molar-refractivity contribution in [3.8, 4) is 0 Å². The largest absolute Gasteiger partial charge is 0.481 e. The number of ether oxygens (including phenoxy) is 1. The number of aryl methyl sites for hydroxylation is 2. The van der Waals surface area contributed by atoms with Gasteiger partial charge in [0.15, 0.2) is 0 Å². The lowest BCUT2D eigenvalue weighted by Gasteiger charge is -2.39. The van der Waals surface area contributed by atoms with Crippen molar-refractivity contribution in [1.29, 1.82) is 0 Å². The van der Waals surface area contributed by atoms with E-state index in [2.05, 4.69) is 43.9 Å². The highest BCUT2D eigenvalue weighted by molar-refractivity contribution is 5.67. The Kier molecular flexibility index (Phi) is 4.78. The number of morpholine rings is 1. The van der Waals surface area contributed by atoms with Crippen molar-refractivity contribution in [2.24, 2.45) is 0 Å². The van der Waals surface area contributed by atoms with Gasteiger partial charge in [0.1, 0.15) is 0 Å². The van der Waals surface area contributed by atoms with Gasteiger partial charge in [-0.15, -0.1) is 0 Å². The van der Waals surface area contributed by atoms with Crippen LogP contribution in [0.25, 0.3) is 0 Å². The van der Waals surface area contributed by atoms with Crippen LogP contribution in [0.15, 0.2) is 18.2 Å². The molecule has 1 fully saturated rings. The first-order chi connectivity index (χ1) is 9.49. The standard InChI is InChI=1S/C16H23NO3/c1-11-4-5-15(12(2)8-11)13(3)17-6-7-20-10-14(17)9-16(18)19/h4-5,8,13-14H,6-7,9-10H2,1-3H3,(H,18,19). The zero-order valence-corrected chi connectivity index (χ0v) is 12.4. The first-order valence-electron chi connectivity index (χ1n) is 7.11. The monoisotopic (exact) mass is 277 g/mol. The van der Waals surface area contributed by atoms with Crippen LogP contribution in [0.1, 0.15) is 36.1 Å². The lowest BCUT2D eigenvalue weighted by Crippen LogP contribution is -2.47. The molecule has 1 aliphatic heterocycles. The van der Waals surface area contributed by atoms with Gasteiger partial charge in [0.05, 0.1) is 19.6 Å². The summed E-state index contributed by atoms with van der Waals surface area (Å²) in [5.41, 5.74) is 3.79. The molecule has 1 aromatic carbocycles. The summed E-state index contributed by atoms with van der Waals surface area (Å²) in [5, 5.41) is 9.04. The number of nitrogens with zero attached hydrogens (tertiary/aromatic N) is 1. The molecule has 1 heterocycles. The number of rotatable bonds is 4. The topological polar surface area (TPSA) is 49.8 Å². The molecule has 4 heteroatoms. The average Bonchev–Trinajstić information content (AvgIpc) is 2.38. The molecule has 1 N–H and O–H groups in total. The van der Waals surface area contributed by atoms with Crippen LogP contribution >= 0.6 is 0 Å². The molecule has 0 aromatic heterocycles. The summed E-state index contributed by atoms with van der Waals surface area (Å²) < 4.78 is 5.44. The van der Waals surface area contributed by atoms with Gasteiger partial charge in [-0.25, -0.2) is 0 Å². The third-order valence-corrected chi connectivity index (χ3v) is 4.06. The predicted molar refractivity (Wildman–Crippen MR) is 77.9 cm³/mol. The maximum absolute atomic E-state index is 11.0. The van der Waals surface area contributed by atoms with E-state index in [9.17, 15) is 4.79 Å². The quantitative estimate of drug-likeness (QED) is 0.919. The van der Waals surface area contributed by atoms with E-state index >= 15 is 0 Å². The lowest BCUT2D eigenvalue weighted by molar-refractivity contribution is -0.140. The van der Waals surface area contributed by atoms with Gasteiger partial charge in [0.2, 0.25) is 0 Å². The zero-order chi connectivity index (χ0) is 14.7. The van der Waals surface area contributed by atoms with E-state index in [1.807, 2.05) is 0 Å². The zero-order valence-electron chi connectivity index (χ0n) is 12.4. The Balaban J connectivity index is 2.20. The van der Waals surface area contributed by atoms with Gasteiger partial charge < -0.3 is 9.84 Å². The molecule has 0 spiro atoms. The number of carbonyl (C=O) groups is 1. The lowest BCUT2D eigenvalue weighted by atomic mass is 9.97. The molecule has 2 rings (SSSR count). The van der Waals surface area contributed by atoms with E-state index in [0.717, 1.165) is 6.54 Å². The maximum Gasteiger partial charge on any atom is 0.305 e. The minimum absolute atomic E-state index is 0.0445. The second kappa shape index (κ2) is 6.37. The molecule has 0 amide bonds. The summed E-state index contributed by atoms with van der Waals surface area (Å²) in [7, 11) is 0. The van der Waals surface area contributed by atoms with Crippen molar-refractivity contribution in [2.75, 3.05) is 19.8 Å². The second-order valence-electron chi connectivity index (χ2n) is 5.60. The molecule has 1 aliphatic rings. The molecule has 2 unspecified atom stereocenters. The fourth-order valence-corrected chi connectivity index (χ4v) is 3.03. The van der Waals surface area contributed by atoms with Gasteiger partial charge in [-0.05, 0) is 31.9 Å². The Labute approximate surface area is 120 Å². The third-order valence-electron chi connectivity index (χ3n) is 4.06. The van der Waals surface area contributed by atoms with E-state index in [1.165, 1.54) is 16.7 Å². The number of hydrogen-bond acceptors (Lipinski definition) is 3. The molecule has 0 bridgehead atoms. The van der Waals surface area contributed by atoms with Crippen LogP contribution in [-0.2, 0) is 9.53 Å². The van der Waals surface area contributed by atoms with Crippen molar-refractivity contribution >= 4 is 5.97 Å². The molecule has 0 saturated carbocycles. The predicted octanol–water partition coefficient (Wildman–Crippen LogP) is 2.54. The number of benzene rings is 1. The van der Waals surface area contributed by atoms with Crippen molar-refractivity contribution in [3.05, 3.63) is 34.9 Å². The Hall–Kier alpha value is -1.39. The van der Waals surface area contributed by atoms with E-state index in [1.54, 1.807) is 0 Å². The van der Waals surface area contributed by atoms with Gasteiger partial charge >= 0.3 is 5.97 Å². The highest BCUT2D eigenvalue weighted by Crippen LogP contribution is 2.28. The Bertz CT molecular complexity index is 487. The summed E-state index contributed by atoms with van der Waals surface area (Å²) >= 11 is 0. The summed E-state index contributed by atoms with van der Waals surface area (Å²) in [6.45, 7) is 8.31. The summed E-state index contributed by atoms with van der Waals surface area (Å²) in [5.74, 6) is -0.765. The van der Waals surface area contributed by atoms with Crippen LogP contribution in [0.2, 0.25) is 0 Å². The number of aliphatic carboxylic acids is 1. The molecule has 2 atom stereocenters. The first-order valence-corrected chi connectivity index (χ1v) is 7.11. The van der Waals surface area contributed by atoms with Gasteiger partial charge in [-0.1, -0.05) is 23.8 Å². The maximum atomic E-state index is 11.0. The molecular formula is C16H23NO3. The van der Waals surface area contributed by atoms with E-state index in [-0.39, 0.29) is 18.5 Å². The van der Waals surface area contributed by atoms with Crippen LogP contribution < -0.4 is 0 Å². The summed E-state index contributed by atoms with van der Waals surface area (Å²) in [6.07, 6.45) is 0.134. The Morgan fingerprint density at radius 2 is 2.25 bits per heavy atom. The van der Waals surface area contributed by atoms with Crippen LogP contribution in [0.5, 0.6) is 0 Å². The van der Waals surface area contributed by atoms with Crippen molar-refractivity contribution < 1.29 is 14.6 Å². The third kappa shape index (κ3) is 3.38. The smallest absolute Gasteiger partial charge is 0.305 e. The average molecular weight is 277 g/mol. The summed E-state index contributed by atoms with van der Waals surface area (Å²) in [6, 6.07) is 6.62. The normalized spacial score (nSPS) is 21.6.